The molecule has 0 atom stereocenters. The van der Waals surface area contributed by atoms with Crippen molar-refractivity contribution in [1.29, 1.82) is 0 Å². The fraction of sp³-hybridized carbons (Fsp3) is 0.333. The Hall–Kier alpha value is -3.73. The smallest absolute Gasteiger partial charge is 0.256 e. The summed E-state index contributed by atoms with van der Waals surface area (Å²) in [6.07, 6.45) is 1.61. The number of nitrogen functional groups attached to an aromatic ring is 1. The van der Waals surface area contributed by atoms with Gasteiger partial charge in [-0.1, -0.05) is 6.07 Å². The second-order valence-corrected chi connectivity index (χ2v) is 8.95. The van der Waals surface area contributed by atoms with E-state index in [1.807, 2.05) is 0 Å². The fourth-order valence-corrected chi connectivity index (χ4v) is 3.82. The van der Waals surface area contributed by atoms with Crippen molar-refractivity contribution in [2.75, 3.05) is 19.3 Å². The molecule has 1 amide bonds. The first-order valence-corrected chi connectivity index (χ1v) is 11.0. The third-order valence-corrected chi connectivity index (χ3v) is 5.76. The maximum Gasteiger partial charge on any atom is 0.256 e. The maximum atomic E-state index is 14.5. The predicted molar refractivity (Wildman–Crippen MR) is 124 cm³/mol. The van der Waals surface area contributed by atoms with Gasteiger partial charge in [-0.3, -0.25) is 4.79 Å². The zero-order valence-electron chi connectivity index (χ0n) is 19.5. The van der Waals surface area contributed by atoms with Crippen molar-refractivity contribution >= 4 is 28.4 Å². The van der Waals surface area contributed by atoms with Gasteiger partial charge in [-0.15, -0.1) is 5.10 Å². The van der Waals surface area contributed by atoms with Crippen LogP contribution in [-0.4, -0.2) is 49.1 Å². The standard InChI is InChI=1S/C24H25F3N6O2/c1-24(2,35)13-7-8-15(17(26)10-13)22(34)32(3)9-5-4-6-19-29-21-16-11-14(25)12-18(27)20(16)30-23(28)33(21)31-19/h7-8,10-12,35H,4-6,9H2,1-3H3,(H2,28,30). The van der Waals surface area contributed by atoms with E-state index in [-0.39, 0.29) is 28.1 Å². The Morgan fingerprint density at radius 1 is 1.11 bits per heavy atom. The molecule has 35 heavy (non-hydrogen) atoms. The number of nitrogens with zero attached hydrogens (tertiary/aromatic N) is 5. The highest BCUT2D eigenvalue weighted by molar-refractivity contribution is 5.94. The number of nitrogens with two attached hydrogens (primary N) is 1. The number of unbranched alkanes of at least 4 members (excludes halogenated alkanes) is 1. The number of fused-ring (bicyclic) bond motifs is 3. The van der Waals surface area contributed by atoms with E-state index in [1.165, 1.54) is 35.4 Å². The SMILES string of the molecule is CN(CCCCc1nc2c3cc(F)cc(F)c3nc(N)n2n1)C(=O)c1ccc(C(C)(C)O)cc1F. The van der Waals surface area contributed by atoms with Crippen LogP contribution >= 0.6 is 0 Å². The number of hydrogen-bond acceptors (Lipinski definition) is 6. The molecule has 4 aromatic rings. The van der Waals surface area contributed by atoms with E-state index in [4.69, 9.17) is 5.73 Å². The first kappa shape index (κ1) is 24.4. The molecule has 2 heterocycles. The molecule has 0 aliphatic heterocycles. The molecular weight excluding hydrogens is 461 g/mol. The molecule has 0 spiro atoms. The first-order valence-electron chi connectivity index (χ1n) is 11.0. The monoisotopic (exact) mass is 486 g/mol. The molecule has 2 aromatic carbocycles. The second kappa shape index (κ2) is 9.14. The van der Waals surface area contributed by atoms with Gasteiger partial charge >= 0.3 is 0 Å². The Kier molecular flexibility index (Phi) is 6.37. The summed E-state index contributed by atoms with van der Waals surface area (Å²) in [4.78, 5) is 22.4. The number of hydrogen-bond donors (Lipinski definition) is 2. The van der Waals surface area contributed by atoms with Gasteiger partial charge < -0.3 is 15.7 Å². The molecule has 0 aliphatic carbocycles. The van der Waals surface area contributed by atoms with Crippen LogP contribution in [0.25, 0.3) is 16.6 Å². The van der Waals surface area contributed by atoms with Gasteiger partial charge in [-0.25, -0.2) is 23.1 Å². The Balaban J connectivity index is 1.41. The van der Waals surface area contributed by atoms with Crippen LogP contribution < -0.4 is 5.73 Å². The zero-order valence-corrected chi connectivity index (χ0v) is 19.5. The molecule has 0 fully saturated rings. The van der Waals surface area contributed by atoms with Gasteiger partial charge in [0.2, 0.25) is 5.95 Å². The summed E-state index contributed by atoms with van der Waals surface area (Å²) < 4.78 is 43.5. The molecule has 0 saturated carbocycles. The molecular formula is C24H25F3N6O2. The van der Waals surface area contributed by atoms with E-state index in [1.54, 1.807) is 7.05 Å². The summed E-state index contributed by atoms with van der Waals surface area (Å²) in [5, 5.41) is 14.5. The molecule has 8 nitrogen and oxygen atoms in total. The van der Waals surface area contributed by atoms with E-state index in [0.29, 0.717) is 37.2 Å². The minimum Gasteiger partial charge on any atom is -0.386 e. The molecule has 3 N–H and O–H groups in total. The molecule has 4 rings (SSSR count). The Morgan fingerprint density at radius 3 is 2.54 bits per heavy atom. The van der Waals surface area contributed by atoms with Crippen molar-refractivity contribution in [1.82, 2.24) is 24.5 Å². The lowest BCUT2D eigenvalue weighted by Crippen LogP contribution is -2.29. The van der Waals surface area contributed by atoms with Gasteiger partial charge in [0, 0.05) is 26.1 Å². The number of rotatable bonds is 7. The third-order valence-electron chi connectivity index (χ3n) is 5.76. The lowest BCUT2D eigenvalue weighted by Gasteiger charge is -2.20. The lowest BCUT2D eigenvalue weighted by molar-refractivity contribution is 0.0762. The Labute approximate surface area is 199 Å². The minimum atomic E-state index is -1.21. The number of amides is 1. The first-order chi connectivity index (χ1) is 16.5. The van der Waals surface area contributed by atoms with E-state index in [0.717, 1.165) is 18.2 Å². The van der Waals surface area contributed by atoms with Gasteiger partial charge in [0.15, 0.2) is 17.3 Å². The van der Waals surface area contributed by atoms with Gasteiger partial charge in [-0.2, -0.15) is 4.52 Å². The van der Waals surface area contributed by atoms with Crippen LogP contribution in [0.4, 0.5) is 19.1 Å². The Morgan fingerprint density at radius 2 is 1.86 bits per heavy atom. The van der Waals surface area contributed by atoms with Crippen molar-refractivity contribution in [3.63, 3.8) is 0 Å². The number of anilines is 1. The fourth-order valence-electron chi connectivity index (χ4n) is 3.82. The average Bonchev–Trinajstić information content (AvgIpc) is 3.21. The molecule has 0 unspecified atom stereocenters. The van der Waals surface area contributed by atoms with Gasteiger partial charge in [0.25, 0.3) is 5.91 Å². The van der Waals surface area contributed by atoms with Crippen LogP contribution in [0.5, 0.6) is 0 Å². The summed E-state index contributed by atoms with van der Waals surface area (Å²) >= 11 is 0. The van der Waals surface area contributed by atoms with Crippen LogP contribution in [0.2, 0.25) is 0 Å². The predicted octanol–water partition coefficient (Wildman–Crippen LogP) is 3.60. The number of aryl methyl sites for hydroxylation is 1. The van der Waals surface area contributed by atoms with Crippen molar-refractivity contribution in [2.45, 2.75) is 38.7 Å². The maximum absolute atomic E-state index is 14.5. The van der Waals surface area contributed by atoms with Crippen molar-refractivity contribution in [3.05, 3.63) is 64.7 Å². The van der Waals surface area contributed by atoms with Crippen molar-refractivity contribution in [3.8, 4) is 0 Å². The molecule has 2 aromatic heterocycles. The van der Waals surface area contributed by atoms with Crippen LogP contribution in [0.15, 0.2) is 30.3 Å². The van der Waals surface area contributed by atoms with Gasteiger partial charge in [0.05, 0.1) is 16.6 Å². The number of halogens is 3. The summed E-state index contributed by atoms with van der Waals surface area (Å²) in [6, 6.07) is 5.93. The van der Waals surface area contributed by atoms with Gasteiger partial charge in [-0.05, 0) is 50.5 Å². The number of carbonyl (C=O) groups is 1. The second-order valence-electron chi connectivity index (χ2n) is 8.95. The highest BCUT2D eigenvalue weighted by atomic mass is 19.1. The number of carbonyl (C=O) groups excluding carboxylic acids is 1. The lowest BCUT2D eigenvalue weighted by atomic mass is 9.96. The number of aromatic nitrogens is 4. The highest BCUT2D eigenvalue weighted by Gasteiger charge is 2.21. The topological polar surface area (TPSA) is 110 Å². The number of aliphatic hydroxyl groups is 1. The molecule has 11 heteroatoms. The van der Waals surface area contributed by atoms with E-state index < -0.39 is 29.0 Å². The van der Waals surface area contributed by atoms with E-state index >= 15 is 0 Å². The van der Waals surface area contributed by atoms with Gasteiger partial charge in [0.1, 0.15) is 17.2 Å². The quantitative estimate of drug-likeness (QED) is 0.387. The van der Waals surface area contributed by atoms with Crippen molar-refractivity contribution in [2.24, 2.45) is 0 Å². The van der Waals surface area contributed by atoms with Crippen LogP contribution in [0, 0.1) is 17.5 Å². The zero-order chi connectivity index (χ0) is 25.5. The highest BCUT2D eigenvalue weighted by Crippen LogP contribution is 2.24. The minimum absolute atomic E-state index is 0.0697. The van der Waals surface area contributed by atoms with E-state index in [9.17, 15) is 23.1 Å². The number of benzene rings is 2. The van der Waals surface area contributed by atoms with Crippen LogP contribution in [0.3, 0.4) is 0 Å². The summed E-state index contributed by atoms with van der Waals surface area (Å²) in [7, 11) is 1.58. The molecule has 184 valence electrons. The van der Waals surface area contributed by atoms with Crippen molar-refractivity contribution < 1.29 is 23.1 Å². The molecule has 0 saturated heterocycles. The molecule has 0 bridgehead atoms. The normalized spacial score (nSPS) is 12.0. The van der Waals surface area contributed by atoms with E-state index in [2.05, 4.69) is 15.1 Å². The third kappa shape index (κ3) is 4.90. The summed E-state index contributed by atoms with van der Waals surface area (Å²) in [5.74, 6) is -2.41. The van der Waals surface area contributed by atoms with Crippen LogP contribution in [-0.2, 0) is 12.0 Å². The largest absolute Gasteiger partial charge is 0.386 e. The Bertz CT molecular complexity index is 1430. The summed E-state index contributed by atoms with van der Waals surface area (Å²) in [6.45, 7) is 3.44. The average molecular weight is 486 g/mol. The van der Waals surface area contributed by atoms with Crippen LogP contribution in [0.1, 0.15) is 48.4 Å². The molecule has 0 radical (unpaired) electrons. The summed E-state index contributed by atoms with van der Waals surface area (Å²) in [5.41, 5.74) is 5.09. The molecule has 0 aliphatic rings.